The number of hydrogen-bond donors (Lipinski definition) is 3. The van der Waals surface area contributed by atoms with E-state index in [9.17, 15) is 19.7 Å². The van der Waals surface area contributed by atoms with Crippen molar-refractivity contribution in [2.75, 3.05) is 5.32 Å². The molecule has 8 nitrogen and oxygen atoms in total. The second-order valence-electron chi connectivity index (χ2n) is 6.43. The van der Waals surface area contributed by atoms with Gasteiger partial charge in [0.1, 0.15) is 5.69 Å². The molecule has 0 saturated heterocycles. The molecular formula is C16H19N3O5. The number of nitro benzene ring substituents is 1. The Labute approximate surface area is 138 Å². The van der Waals surface area contributed by atoms with E-state index in [1.54, 1.807) is 12.1 Å². The van der Waals surface area contributed by atoms with Crippen molar-refractivity contribution in [3.63, 3.8) is 0 Å². The van der Waals surface area contributed by atoms with Gasteiger partial charge >= 0.3 is 5.97 Å². The molecule has 0 aliphatic heterocycles. The third kappa shape index (κ3) is 3.64. The van der Waals surface area contributed by atoms with Gasteiger partial charge in [0, 0.05) is 23.7 Å². The van der Waals surface area contributed by atoms with Gasteiger partial charge in [0.25, 0.3) is 11.6 Å². The fourth-order valence-corrected chi connectivity index (χ4v) is 3.00. The lowest BCUT2D eigenvalue weighted by atomic mass is 10.1. The molecule has 0 radical (unpaired) electrons. The Hall–Kier alpha value is -2.64. The van der Waals surface area contributed by atoms with Crippen LogP contribution in [-0.2, 0) is 4.79 Å². The van der Waals surface area contributed by atoms with Crippen LogP contribution in [0.4, 0.5) is 11.4 Å². The molecule has 0 spiro atoms. The minimum absolute atomic E-state index is 0.121. The van der Waals surface area contributed by atoms with Crippen molar-refractivity contribution in [2.45, 2.75) is 44.2 Å². The van der Waals surface area contributed by atoms with Gasteiger partial charge in [0.15, 0.2) is 0 Å². The lowest BCUT2D eigenvalue weighted by Crippen LogP contribution is -2.33. The Morgan fingerprint density at radius 1 is 1.17 bits per heavy atom. The zero-order valence-electron chi connectivity index (χ0n) is 13.0. The van der Waals surface area contributed by atoms with Gasteiger partial charge in [-0.1, -0.05) is 0 Å². The van der Waals surface area contributed by atoms with Crippen LogP contribution in [0, 0.1) is 16.0 Å². The number of nitrogens with zero attached hydrogens (tertiary/aromatic N) is 1. The van der Waals surface area contributed by atoms with Crippen molar-refractivity contribution < 1.29 is 19.6 Å². The molecule has 0 unspecified atom stereocenters. The highest BCUT2D eigenvalue weighted by Crippen LogP contribution is 2.32. The van der Waals surface area contributed by atoms with Crippen molar-refractivity contribution in [1.82, 2.24) is 5.32 Å². The minimum atomic E-state index is -0.849. The van der Waals surface area contributed by atoms with E-state index in [4.69, 9.17) is 5.11 Å². The topological polar surface area (TPSA) is 122 Å². The van der Waals surface area contributed by atoms with Gasteiger partial charge < -0.3 is 15.7 Å². The molecule has 3 rings (SSSR count). The van der Waals surface area contributed by atoms with Crippen molar-refractivity contribution in [3.05, 3.63) is 33.9 Å². The monoisotopic (exact) mass is 333 g/mol. The first-order valence-corrected chi connectivity index (χ1v) is 8.02. The summed E-state index contributed by atoms with van der Waals surface area (Å²) in [5.41, 5.74) is 0.511. The number of aliphatic carboxylic acids is 1. The molecule has 3 N–H and O–H groups in total. The second-order valence-corrected chi connectivity index (χ2v) is 6.43. The predicted octanol–water partition coefficient (Wildman–Crippen LogP) is 2.15. The Morgan fingerprint density at radius 2 is 1.88 bits per heavy atom. The molecule has 2 aliphatic rings. The first-order valence-electron chi connectivity index (χ1n) is 8.02. The van der Waals surface area contributed by atoms with E-state index < -0.39 is 22.7 Å². The minimum Gasteiger partial charge on any atom is -0.481 e. The Balaban J connectivity index is 1.69. The molecule has 2 saturated carbocycles. The molecule has 8 heteroatoms. The lowest BCUT2D eigenvalue weighted by molar-refractivity contribution is -0.384. The molecule has 1 aromatic rings. The van der Waals surface area contributed by atoms with Crippen molar-refractivity contribution in [1.29, 1.82) is 0 Å². The van der Waals surface area contributed by atoms with Crippen LogP contribution >= 0.6 is 0 Å². The van der Waals surface area contributed by atoms with Crippen LogP contribution in [0.5, 0.6) is 0 Å². The summed E-state index contributed by atoms with van der Waals surface area (Å²) in [6.45, 7) is 0. The highest BCUT2D eigenvalue weighted by molar-refractivity contribution is 5.96. The predicted molar refractivity (Wildman–Crippen MR) is 86.0 cm³/mol. The van der Waals surface area contributed by atoms with E-state index in [0.29, 0.717) is 24.9 Å². The second kappa shape index (κ2) is 6.46. The van der Waals surface area contributed by atoms with Crippen LogP contribution in [0.15, 0.2) is 18.2 Å². The van der Waals surface area contributed by atoms with Crippen LogP contribution < -0.4 is 10.6 Å². The SMILES string of the molecule is O=C(N[C@H]1CC[C@@H](C(=O)O)C1)c1ccc(NC2CC2)c([N+](=O)[O-])c1. The first-order chi connectivity index (χ1) is 11.4. The molecule has 0 heterocycles. The van der Waals surface area contributed by atoms with Gasteiger partial charge in [-0.05, 0) is 44.2 Å². The van der Waals surface area contributed by atoms with Gasteiger partial charge in [0.05, 0.1) is 10.8 Å². The standard InChI is InChI=1S/C16H19N3O5/c20-15(18-12-3-1-10(7-12)16(21)22)9-2-6-13(17-11-4-5-11)14(8-9)19(23)24/h2,6,8,10-12,17H,1,3-5,7H2,(H,18,20)(H,21,22)/t10-,12+/m1/s1. The van der Waals surface area contributed by atoms with Crippen molar-refractivity contribution in [3.8, 4) is 0 Å². The third-order valence-corrected chi connectivity index (χ3v) is 4.51. The largest absolute Gasteiger partial charge is 0.481 e. The van der Waals surface area contributed by atoms with E-state index in [0.717, 1.165) is 12.8 Å². The highest BCUT2D eigenvalue weighted by Gasteiger charge is 2.31. The molecule has 0 bridgehead atoms. The number of carbonyl (C=O) groups is 2. The summed E-state index contributed by atoms with van der Waals surface area (Å²) >= 11 is 0. The number of nitro groups is 1. The summed E-state index contributed by atoms with van der Waals surface area (Å²) in [6.07, 6.45) is 3.51. The zero-order valence-corrected chi connectivity index (χ0v) is 13.0. The molecule has 2 fully saturated rings. The van der Waals surface area contributed by atoms with Gasteiger partial charge in [-0.2, -0.15) is 0 Å². The summed E-state index contributed by atoms with van der Waals surface area (Å²) in [5.74, 6) is -1.69. The van der Waals surface area contributed by atoms with Crippen LogP contribution in [0.25, 0.3) is 0 Å². The van der Waals surface area contributed by atoms with Crippen LogP contribution in [0.2, 0.25) is 0 Å². The summed E-state index contributed by atoms with van der Waals surface area (Å²) in [4.78, 5) is 34.0. The number of amides is 1. The summed E-state index contributed by atoms with van der Waals surface area (Å²) in [7, 11) is 0. The number of carboxylic acids is 1. The Kier molecular flexibility index (Phi) is 4.37. The summed E-state index contributed by atoms with van der Waals surface area (Å²) in [5, 5.41) is 26.1. The van der Waals surface area contributed by atoms with Gasteiger partial charge in [0.2, 0.25) is 0 Å². The number of carboxylic acid groups (broad SMARTS) is 1. The summed E-state index contributed by atoms with van der Waals surface area (Å²) in [6, 6.07) is 4.44. The highest BCUT2D eigenvalue weighted by atomic mass is 16.6. The van der Waals surface area contributed by atoms with Crippen LogP contribution in [0.3, 0.4) is 0 Å². The molecule has 2 atom stereocenters. The number of benzene rings is 1. The van der Waals surface area contributed by atoms with Crippen molar-refractivity contribution in [2.24, 2.45) is 5.92 Å². The Bertz CT molecular complexity index is 686. The van der Waals surface area contributed by atoms with E-state index in [1.165, 1.54) is 6.07 Å². The molecule has 2 aliphatic carbocycles. The third-order valence-electron chi connectivity index (χ3n) is 4.51. The van der Waals surface area contributed by atoms with E-state index in [2.05, 4.69) is 10.6 Å². The maximum Gasteiger partial charge on any atom is 0.306 e. The average Bonchev–Trinajstić information content (AvgIpc) is 3.22. The number of rotatable bonds is 6. The van der Waals surface area contributed by atoms with Crippen molar-refractivity contribution >= 4 is 23.3 Å². The zero-order chi connectivity index (χ0) is 17.3. The van der Waals surface area contributed by atoms with Crippen LogP contribution in [-0.4, -0.2) is 34.0 Å². The molecule has 1 amide bonds. The molecular weight excluding hydrogens is 314 g/mol. The smallest absolute Gasteiger partial charge is 0.306 e. The number of nitrogens with one attached hydrogen (secondary N) is 2. The van der Waals surface area contributed by atoms with Crippen LogP contribution in [0.1, 0.15) is 42.5 Å². The normalized spacial score (nSPS) is 22.8. The van der Waals surface area contributed by atoms with E-state index in [-0.39, 0.29) is 23.3 Å². The maximum atomic E-state index is 12.3. The quantitative estimate of drug-likeness (QED) is 0.542. The van der Waals surface area contributed by atoms with Gasteiger partial charge in [-0.15, -0.1) is 0 Å². The maximum absolute atomic E-state index is 12.3. The molecule has 1 aromatic carbocycles. The van der Waals surface area contributed by atoms with Gasteiger partial charge in [-0.3, -0.25) is 19.7 Å². The fraction of sp³-hybridized carbons (Fsp3) is 0.500. The first kappa shape index (κ1) is 16.2. The number of carbonyl (C=O) groups excluding carboxylic acids is 1. The average molecular weight is 333 g/mol. The lowest BCUT2D eigenvalue weighted by Gasteiger charge is -2.13. The molecule has 0 aromatic heterocycles. The van der Waals surface area contributed by atoms with E-state index in [1.807, 2.05) is 0 Å². The molecule has 128 valence electrons. The Morgan fingerprint density at radius 3 is 2.46 bits per heavy atom. The number of hydrogen-bond acceptors (Lipinski definition) is 5. The van der Waals surface area contributed by atoms with Gasteiger partial charge in [-0.25, -0.2) is 0 Å². The van der Waals surface area contributed by atoms with E-state index >= 15 is 0 Å². The fourth-order valence-electron chi connectivity index (χ4n) is 3.00. The molecule has 24 heavy (non-hydrogen) atoms. The summed E-state index contributed by atoms with van der Waals surface area (Å²) < 4.78 is 0. The number of anilines is 1.